The first-order chi connectivity index (χ1) is 4.88. The molecule has 0 saturated carbocycles. The largest absolute Gasteiger partial charge is 0.330 e. The maximum atomic E-state index is 13.3. The van der Waals surface area contributed by atoms with Gasteiger partial charge in [-0.1, -0.05) is 13.8 Å². The van der Waals surface area contributed by atoms with Gasteiger partial charge in [-0.2, -0.15) is 0 Å². The molecular formula is C9H20FN. The highest BCUT2D eigenvalue weighted by Crippen LogP contribution is 2.26. The molecule has 0 aliphatic heterocycles. The Kier molecular flexibility index (Phi) is 4.01. The first kappa shape index (κ1) is 10.9. The molecule has 2 N–H and O–H groups in total. The summed E-state index contributed by atoms with van der Waals surface area (Å²) in [5, 5.41) is 0. The summed E-state index contributed by atoms with van der Waals surface area (Å²) in [6.07, 6.45) is 0.875. The van der Waals surface area contributed by atoms with Gasteiger partial charge < -0.3 is 5.73 Å². The lowest BCUT2D eigenvalue weighted by Gasteiger charge is -2.26. The Morgan fingerprint density at radius 3 is 1.91 bits per heavy atom. The molecule has 0 rings (SSSR count). The average Bonchev–Trinajstić information content (AvgIpc) is 1.79. The maximum absolute atomic E-state index is 13.3. The summed E-state index contributed by atoms with van der Waals surface area (Å²) < 4.78 is 13.3. The van der Waals surface area contributed by atoms with Crippen LogP contribution in [0.2, 0.25) is 0 Å². The highest BCUT2D eigenvalue weighted by molar-refractivity contribution is 4.79. The van der Waals surface area contributed by atoms with Gasteiger partial charge in [-0.3, -0.25) is 0 Å². The topological polar surface area (TPSA) is 26.0 Å². The minimum absolute atomic E-state index is 0.00231. The zero-order valence-corrected chi connectivity index (χ0v) is 8.02. The van der Waals surface area contributed by atoms with Crippen LogP contribution in [0.4, 0.5) is 4.39 Å². The van der Waals surface area contributed by atoms with Gasteiger partial charge in [0.05, 0.1) is 0 Å². The maximum Gasteiger partial charge on any atom is 0.109 e. The van der Waals surface area contributed by atoms with Crippen molar-refractivity contribution < 1.29 is 4.39 Å². The first-order valence-corrected chi connectivity index (χ1v) is 4.27. The summed E-state index contributed by atoms with van der Waals surface area (Å²) in [5.41, 5.74) is 4.34. The van der Waals surface area contributed by atoms with Crippen molar-refractivity contribution in [2.75, 3.05) is 6.54 Å². The van der Waals surface area contributed by atoms with Crippen molar-refractivity contribution in [1.29, 1.82) is 0 Å². The molecule has 0 aromatic carbocycles. The van der Waals surface area contributed by atoms with Crippen LogP contribution in [0.3, 0.4) is 0 Å². The van der Waals surface area contributed by atoms with Crippen molar-refractivity contribution in [3.05, 3.63) is 0 Å². The smallest absolute Gasteiger partial charge is 0.109 e. The lowest BCUT2D eigenvalue weighted by molar-refractivity contribution is 0.112. The van der Waals surface area contributed by atoms with E-state index in [2.05, 4.69) is 13.8 Å². The van der Waals surface area contributed by atoms with Gasteiger partial charge >= 0.3 is 0 Å². The molecule has 0 heterocycles. The van der Waals surface area contributed by atoms with E-state index >= 15 is 0 Å². The third kappa shape index (κ3) is 4.35. The fraction of sp³-hybridized carbons (Fsp3) is 1.00. The predicted molar refractivity (Wildman–Crippen MR) is 47.2 cm³/mol. The highest BCUT2D eigenvalue weighted by atomic mass is 19.1. The molecule has 0 radical (unpaired) electrons. The Bertz CT molecular complexity index is 105. The van der Waals surface area contributed by atoms with E-state index in [1.54, 1.807) is 13.8 Å². The molecular weight excluding hydrogens is 141 g/mol. The molecule has 2 heteroatoms. The first-order valence-electron chi connectivity index (χ1n) is 4.27. The fourth-order valence-corrected chi connectivity index (χ4v) is 1.23. The molecule has 0 aromatic rings. The Morgan fingerprint density at radius 2 is 1.82 bits per heavy atom. The fourth-order valence-electron chi connectivity index (χ4n) is 1.23. The molecule has 0 bridgehead atoms. The van der Waals surface area contributed by atoms with Crippen molar-refractivity contribution >= 4 is 0 Å². The van der Waals surface area contributed by atoms with E-state index < -0.39 is 5.67 Å². The van der Waals surface area contributed by atoms with E-state index in [0.29, 0.717) is 12.5 Å². The van der Waals surface area contributed by atoms with E-state index in [0.717, 1.165) is 6.42 Å². The number of halogens is 1. The van der Waals surface area contributed by atoms with Gasteiger partial charge in [0, 0.05) is 5.92 Å². The predicted octanol–water partition coefficient (Wildman–Crippen LogP) is 2.36. The van der Waals surface area contributed by atoms with Gasteiger partial charge in [-0.15, -0.1) is 0 Å². The minimum atomic E-state index is -1.13. The van der Waals surface area contributed by atoms with Crippen molar-refractivity contribution in [2.45, 2.75) is 39.8 Å². The molecule has 11 heavy (non-hydrogen) atoms. The van der Waals surface area contributed by atoms with Gasteiger partial charge in [0.1, 0.15) is 5.67 Å². The lowest BCUT2D eigenvalue weighted by Crippen LogP contribution is -2.33. The van der Waals surface area contributed by atoms with Crippen LogP contribution in [-0.2, 0) is 0 Å². The molecule has 0 spiro atoms. The van der Waals surface area contributed by atoms with Gasteiger partial charge in [0.25, 0.3) is 0 Å². The van der Waals surface area contributed by atoms with Gasteiger partial charge in [-0.05, 0) is 32.7 Å². The quantitative estimate of drug-likeness (QED) is 0.673. The SMILES string of the molecule is CC(C)CC(CN)C(C)(C)F. The minimum Gasteiger partial charge on any atom is -0.330 e. The number of hydrogen-bond donors (Lipinski definition) is 1. The summed E-state index contributed by atoms with van der Waals surface area (Å²) in [6.45, 7) is 7.84. The van der Waals surface area contributed by atoms with E-state index in [1.807, 2.05) is 0 Å². The van der Waals surface area contributed by atoms with Crippen LogP contribution in [0.15, 0.2) is 0 Å². The molecule has 1 unspecified atom stereocenters. The molecule has 0 aliphatic carbocycles. The second kappa shape index (κ2) is 4.05. The van der Waals surface area contributed by atoms with Crippen molar-refractivity contribution in [3.63, 3.8) is 0 Å². The van der Waals surface area contributed by atoms with E-state index in [1.165, 1.54) is 0 Å². The second-order valence-corrected chi connectivity index (χ2v) is 4.13. The third-order valence-electron chi connectivity index (χ3n) is 2.01. The van der Waals surface area contributed by atoms with Gasteiger partial charge in [-0.25, -0.2) is 4.39 Å². The van der Waals surface area contributed by atoms with Crippen LogP contribution in [0.5, 0.6) is 0 Å². The van der Waals surface area contributed by atoms with Crippen LogP contribution in [0.25, 0.3) is 0 Å². The number of alkyl halides is 1. The zero-order valence-electron chi connectivity index (χ0n) is 8.02. The molecule has 68 valence electrons. The van der Waals surface area contributed by atoms with E-state index in [-0.39, 0.29) is 5.92 Å². The van der Waals surface area contributed by atoms with Crippen molar-refractivity contribution in [2.24, 2.45) is 17.6 Å². The number of rotatable bonds is 4. The summed E-state index contributed by atoms with van der Waals surface area (Å²) in [7, 11) is 0. The summed E-state index contributed by atoms with van der Waals surface area (Å²) in [5.74, 6) is 0.529. The molecule has 0 fully saturated rings. The standard InChI is InChI=1S/C9H20FN/c1-7(2)5-8(6-11)9(3,4)10/h7-8H,5-6,11H2,1-4H3. The average molecular weight is 161 g/mol. The van der Waals surface area contributed by atoms with Gasteiger partial charge in [0.15, 0.2) is 0 Å². The molecule has 1 atom stereocenters. The lowest BCUT2D eigenvalue weighted by atomic mass is 9.85. The zero-order chi connectivity index (χ0) is 9.07. The van der Waals surface area contributed by atoms with Gasteiger partial charge in [0.2, 0.25) is 0 Å². The number of hydrogen-bond acceptors (Lipinski definition) is 1. The summed E-state index contributed by atoms with van der Waals surface area (Å²) in [6, 6.07) is 0. The molecule has 0 aromatic heterocycles. The summed E-state index contributed by atoms with van der Waals surface area (Å²) in [4.78, 5) is 0. The highest BCUT2D eigenvalue weighted by Gasteiger charge is 2.27. The second-order valence-electron chi connectivity index (χ2n) is 4.13. The van der Waals surface area contributed by atoms with Crippen LogP contribution in [-0.4, -0.2) is 12.2 Å². The van der Waals surface area contributed by atoms with Crippen molar-refractivity contribution in [3.8, 4) is 0 Å². The monoisotopic (exact) mass is 161 g/mol. The normalized spacial score (nSPS) is 15.5. The Labute approximate surface area is 69.2 Å². The number of nitrogens with two attached hydrogens (primary N) is 1. The third-order valence-corrected chi connectivity index (χ3v) is 2.01. The van der Waals surface area contributed by atoms with E-state index in [4.69, 9.17) is 5.73 Å². The molecule has 0 saturated heterocycles. The van der Waals surface area contributed by atoms with Crippen LogP contribution < -0.4 is 5.73 Å². The summed E-state index contributed by atoms with van der Waals surface area (Å²) >= 11 is 0. The Morgan fingerprint density at radius 1 is 1.36 bits per heavy atom. The molecule has 0 aliphatic rings. The van der Waals surface area contributed by atoms with E-state index in [9.17, 15) is 4.39 Å². The Balaban J connectivity index is 3.96. The van der Waals surface area contributed by atoms with Crippen LogP contribution in [0, 0.1) is 11.8 Å². The molecule has 1 nitrogen and oxygen atoms in total. The van der Waals surface area contributed by atoms with Crippen LogP contribution >= 0.6 is 0 Å². The Hall–Kier alpha value is -0.110. The van der Waals surface area contributed by atoms with Crippen LogP contribution in [0.1, 0.15) is 34.1 Å². The molecule has 0 amide bonds. The van der Waals surface area contributed by atoms with Crippen molar-refractivity contribution in [1.82, 2.24) is 0 Å².